The van der Waals surface area contributed by atoms with Crippen molar-refractivity contribution in [2.45, 2.75) is 4.90 Å². The van der Waals surface area contributed by atoms with E-state index in [1.54, 1.807) is 31.6 Å². The van der Waals surface area contributed by atoms with Crippen LogP contribution >= 0.6 is 11.6 Å². The fraction of sp³-hybridized carbons (Fsp3) is 0.318. The van der Waals surface area contributed by atoms with E-state index >= 15 is 0 Å². The molecule has 0 saturated carbocycles. The highest BCUT2D eigenvalue weighted by molar-refractivity contribution is 7.89. The summed E-state index contributed by atoms with van der Waals surface area (Å²) in [7, 11) is -2.06. The largest absolute Gasteiger partial charge is 0.352 e. The third-order valence-electron chi connectivity index (χ3n) is 5.61. The van der Waals surface area contributed by atoms with Crippen molar-refractivity contribution in [2.24, 2.45) is 0 Å². The van der Waals surface area contributed by atoms with Gasteiger partial charge in [0, 0.05) is 70.5 Å². The Labute approximate surface area is 197 Å². The summed E-state index contributed by atoms with van der Waals surface area (Å²) in [5, 5.41) is 0.250. The smallest absolute Gasteiger partial charge is 0.244 e. The van der Waals surface area contributed by atoms with Crippen LogP contribution < -0.4 is 4.90 Å². The number of sulfonamides is 1. The molecular formula is C22H24ClFN6O2S. The maximum atomic E-state index is 13.3. The van der Waals surface area contributed by atoms with Crippen molar-refractivity contribution in [3.05, 3.63) is 66.0 Å². The Hall–Kier alpha value is -2.66. The molecule has 0 bridgehead atoms. The lowest BCUT2D eigenvalue weighted by molar-refractivity contribution is 0.243. The van der Waals surface area contributed by atoms with E-state index in [0.717, 1.165) is 37.6 Å². The molecule has 174 valence electrons. The molecule has 2 aromatic heterocycles. The molecule has 3 aromatic rings. The van der Waals surface area contributed by atoms with Crippen molar-refractivity contribution in [2.75, 3.05) is 51.2 Å². The molecule has 1 aliphatic heterocycles. The Morgan fingerprint density at radius 2 is 1.70 bits per heavy atom. The third kappa shape index (κ3) is 5.47. The van der Waals surface area contributed by atoms with Crippen LogP contribution in [0.2, 0.25) is 5.15 Å². The van der Waals surface area contributed by atoms with E-state index in [1.807, 2.05) is 0 Å². The molecule has 1 aliphatic rings. The van der Waals surface area contributed by atoms with Crippen LogP contribution in [0.25, 0.3) is 11.3 Å². The Balaban J connectivity index is 1.35. The summed E-state index contributed by atoms with van der Waals surface area (Å²) >= 11 is 5.76. The molecule has 11 heteroatoms. The van der Waals surface area contributed by atoms with E-state index in [4.69, 9.17) is 11.6 Å². The zero-order valence-corrected chi connectivity index (χ0v) is 19.7. The molecule has 4 rings (SSSR count). The summed E-state index contributed by atoms with van der Waals surface area (Å²) in [4.78, 5) is 17.3. The molecule has 0 spiro atoms. The number of anilines is 1. The highest BCUT2D eigenvalue weighted by Gasteiger charge is 2.24. The molecule has 33 heavy (non-hydrogen) atoms. The first-order valence-electron chi connectivity index (χ1n) is 10.5. The van der Waals surface area contributed by atoms with Gasteiger partial charge in [0.15, 0.2) is 5.82 Å². The number of pyridine rings is 1. The molecule has 0 aliphatic carbocycles. The molecule has 8 nitrogen and oxygen atoms in total. The lowest BCUT2D eigenvalue weighted by Crippen LogP contribution is -2.49. The molecular weight excluding hydrogens is 467 g/mol. The average Bonchev–Trinajstić information content (AvgIpc) is 2.83. The van der Waals surface area contributed by atoms with E-state index in [1.165, 1.54) is 34.8 Å². The lowest BCUT2D eigenvalue weighted by atomic mass is 10.1. The van der Waals surface area contributed by atoms with Crippen molar-refractivity contribution in [3.63, 3.8) is 0 Å². The minimum Gasteiger partial charge on any atom is -0.352 e. The predicted octanol–water partition coefficient (Wildman–Crippen LogP) is 2.77. The van der Waals surface area contributed by atoms with E-state index in [-0.39, 0.29) is 15.9 Å². The monoisotopic (exact) mass is 490 g/mol. The quantitative estimate of drug-likeness (QED) is 0.471. The van der Waals surface area contributed by atoms with E-state index in [0.29, 0.717) is 18.8 Å². The van der Waals surface area contributed by atoms with Crippen LogP contribution in [0.5, 0.6) is 0 Å². The average molecular weight is 491 g/mol. The summed E-state index contributed by atoms with van der Waals surface area (Å²) in [6, 6.07) is 9.15. The minimum absolute atomic E-state index is 0.121. The minimum atomic E-state index is -3.62. The summed E-state index contributed by atoms with van der Waals surface area (Å²) in [6.45, 7) is 3.94. The second-order valence-corrected chi connectivity index (χ2v) is 10.1. The Kier molecular flexibility index (Phi) is 7.18. The Morgan fingerprint density at radius 3 is 2.36 bits per heavy atom. The van der Waals surface area contributed by atoms with Crippen molar-refractivity contribution >= 4 is 27.4 Å². The van der Waals surface area contributed by atoms with Crippen LogP contribution in [0.3, 0.4) is 0 Å². The van der Waals surface area contributed by atoms with Crippen molar-refractivity contribution in [3.8, 4) is 11.3 Å². The van der Waals surface area contributed by atoms with Crippen LogP contribution in [0.1, 0.15) is 0 Å². The predicted molar refractivity (Wildman–Crippen MR) is 125 cm³/mol. The molecule has 1 saturated heterocycles. The van der Waals surface area contributed by atoms with E-state index < -0.39 is 10.0 Å². The Bertz CT molecular complexity index is 1190. The first kappa shape index (κ1) is 23.5. The highest BCUT2D eigenvalue weighted by Crippen LogP contribution is 2.27. The van der Waals surface area contributed by atoms with Gasteiger partial charge in [-0.15, -0.1) is 0 Å². The van der Waals surface area contributed by atoms with Gasteiger partial charge in [-0.05, 0) is 36.4 Å². The van der Waals surface area contributed by atoms with Crippen molar-refractivity contribution < 1.29 is 12.8 Å². The number of hydrogen-bond acceptors (Lipinski definition) is 7. The standard InChI is InChI=1S/C22H24ClFN6O2S/c1-28(33(31,32)19-6-7-20(23)27-16-19)10-11-29-12-14-30(15-13-29)22-21(25-8-9-26-22)17-2-4-18(24)5-3-17/h2-9,16H,10-15H2,1H3. The van der Waals surface area contributed by atoms with Gasteiger partial charge < -0.3 is 4.90 Å². The van der Waals surface area contributed by atoms with Gasteiger partial charge in [0.05, 0.1) is 0 Å². The van der Waals surface area contributed by atoms with Crippen LogP contribution in [-0.2, 0) is 10.0 Å². The van der Waals surface area contributed by atoms with Crippen LogP contribution in [0.4, 0.5) is 10.2 Å². The number of nitrogens with zero attached hydrogens (tertiary/aromatic N) is 6. The Morgan fingerprint density at radius 1 is 1.00 bits per heavy atom. The topological polar surface area (TPSA) is 82.5 Å². The highest BCUT2D eigenvalue weighted by atomic mass is 35.5. The van der Waals surface area contributed by atoms with Gasteiger partial charge in [0.25, 0.3) is 0 Å². The van der Waals surface area contributed by atoms with Gasteiger partial charge in [-0.3, -0.25) is 9.88 Å². The van der Waals surface area contributed by atoms with Crippen LogP contribution in [0, 0.1) is 5.82 Å². The third-order valence-corrected chi connectivity index (χ3v) is 7.67. The number of halogens is 2. The number of piperazine rings is 1. The molecule has 1 aromatic carbocycles. The fourth-order valence-corrected chi connectivity index (χ4v) is 4.87. The number of likely N-dealkylation sites (N-methyl/N-ethyl adjacent to an activating group) is 1. The number of benzene rings is 1. The normalized spacial score (nSPS) is 15.2. The summed E-state index contributed by atoms with van der Waals surface area (Å²) in [5.41, 5.74) is 1.53. The van der Waals surface area contributed by atoms with Gasteiger partial charge in [-0.1, -0.05) is 11.6 Å². The molecule has 3 heterocycles. The van der Waals surface area contributed by atoms with Gasteiger partial charge in [0.1, 0.15) is 21.6 Å². The first-order chi connectivity index (χ1) is 15.8. The zero-order valence-electron chi connectivity index (χ0n) is 18.1. The SMILES string of the molecule is CN(CCN1CCN(c2nccnc2-c2ccc(F)cc2)CC1)S(=O)(=O)c1ccc(Cl)nc1. The molecule has 1 fully saturated rings. The maximum absolute atomic E-state index is 13.3. The number of rotatable bonds is 7. The molecule has 0 N–H and O–H groups in total. The second-order valence-electron chi connectivity index (χ2n) is 7.71. The van der Waals surface area contributed by atoms with Crippen molar-refractivity contribution in [1.82, 2.24) is 24.2 Å². The maximum Gasteiger partial charge on any atom is 0.244 e. The van der Waals surface area contributed by atoms with Gasteiger partial charge in [0.2, 0.25) is 10.0 Å². The fourth-order valence-electron chi connectivity index (χ4n) is 3.65. The molecule has 0 unspecified atom stereocenters. The molecule has 0 radical (unpaired) electrons. The molecule has 0 atom stereocenters. The van der Waals surface area contributed by atoms with Gasteiger partial charge in [-0.2, -0.15) is 4.31 Å². The van der Waals surface area contributed by atoms with Gasteiger partial charge >= 0.3 is 0 Å². The number of hydrogen-bond donors (Lipinski definition) is 0. The first-order valence-corrected chi connectivity index (χ1v) is 12.3. The van der Waals surface area contributed by atoms with E-state index in [9.17, 15) is 12.8 Å². The number of aromatic nitrogens is 3. The molecule has 0 amide bonds. The van der Waals surface area contributed by atoms with Crippen molar-refractivity contribution in [1.29, 1.82) is 0 Å². The van der Waals surface area contributed by atoms with Crippen LogP contribution in [0.15, 0.2) is 59.9 Å². The summed E-state index contributed by atoms with van der Waals surface area (Å²) in [6.07, 6.45) is 4.55. The second kappa shape index (κ2) is 10.1. The van der Waals surface area contributed by atoms with Gasteiger partial charge in [-0.25, -0.2) is 22.8 Å². The van der Waals surface area contributed by atoms with Crippen LogP contribution in [-0.4, -0.2) is 78.9 Å². The summed E-state index contributed by atoms with van der Waals surface area (Å²) < 4.78 is 40.1. The zero-order chi connectivity index (χ0) is 23.4. The van der Waals surface area contributed by atoms with E-state index in [2.05, 4.69) is 24.8 Å². The summed E-state index contributed by atoms with van der Waals surface area (Å²) in [5.74, 6) is 0.468. The lowest BCUT2D eigenvalue weighted by Gasteiger charge is -2.36.